The molecule has 20 heavy (non-hydrogen) atoms. The highest BCUT2D eigenvalue weighted by atomic mass is 32.1. The first-order chi connectivity index (χ1) is 9.65. The van der Waals surface area contributed by atoms with E-state index in [1.165, 1.54) is 23.2 Å². The minimum Gasteiger partial charge on any atom is -0.459 e. The van der Waals surface area contributed by atoms with Crippen LogP contribution in [0.3, 0.4) is 0 Å². The molecule has 102 valence electrons. The summed E-state index contributed by atoms with van der Waals surface area (Å²) in [6, 6.07) is 7.37. The fraction of sp³-hybridized carbons (Fsp3) is 0.143. The highest BCUT2D eigenvalue weighted by molar-refractivity contribution is 7.22. The van der Waals surface area contributed by atoms with Gasteiger partial charge in [-0.2, -0.15) is 0 Å². The molecular formula is C14H13N3O2S. The van der Waals surface area contributed by atoms with Crippen LogP contribution >= 0.6 is 11.3 Å². The summed E-state index contributed by atoms with van der Waals surface area (Å²) in [4.78, 5) is 16.2. The van der Waals surface area contributed by atoms with E-state index in [2.05, 4.69) is 28.8 Å². The van der Waals surface area contributed by atoms with Gasteiger partial charge in [0.05, 0.1) is 16.5 Å². The maximum absolute atomic E-state index is 11.7. The summed E-state index contributed by atoms with van der Waals surface area (Å²) in [6.45, 7) is 4.10. The lowest BCUT2D eigenvalue weighted by Gasteiger charge is -2.02. The number of rotatable bonds is 3. The SMILES string of the molecule is Cc1ccc2sc(NNC(=O)c3ccco3)nc2c1C. The molecule has 6 heteroatoms. The smallest absolute Gasteiger partial charge is 0.305 e. The third kappa shape index (κ3) is 2.25. The molecule has 0 fully saturated rings. The molecule has 0 spiro atoms. The number of amides is 1. The van der Waals surface area contributed by atoms with Gasteiger partial charge in [-0.1, -0.05) is 17.4 Å². The van der Waals surface area contributed by atoms with Crippen molar-refractivity contribution in [3.8, 4) is 0 Å². The molecule has 1 amide bonds. The molecule has 3 aromatic rings. The van der Waals surface area contributed by atoms with Gasteiger partial charge in [0.2, 0.25) is 5.13 Å². The monoisotopic (exact) mass is 287 g/mol. The Labute approximate surface area is 119 Å². The molecule has 0 aliphatic carbocycles. The number of aryl methyl sites for hydroxylation is 2. The molecule has 5 nitrogen and oxygen atoms in total. The van der Waals surface area contributed by atoms with Crippen molar-refractivity contribution in [2.75, 3.05) is 5.43 Å². The number of carbonyl (C=O) groups is 1. The fourth-order valence-electron chi connectivity index (χ4n) is 1.86. The molecule has 0 radical (unpaired) electrons. The van der Waals surface area contributed by atoms with Crippen LogP contribution in [-0.2, 0) is 0 Å². The quantitative estimate of drug-likeness (QED) is 0.726. The molecular weight excluding hydrogens is 274 g/mol. The Bertz CT molecular complexity index is 762. The number of nitrogens with one attached hydrogen (secondary N) is 2. The average molecular weight is 287 g/mol. The van der Waals surface area contributed by atoms with Gasteiger partial charge in [0.15, 0.2) is 5.76 Å². The normalized spacial score (nSPS) is 10.7. The van der Waals surface area contributed by atoms with Crippen LogP contribution in [0.5, 0.6) is 0 Å². The number of furan rings is 1. The summed E-state index contributed by atoms with van der Waals surface area (Å²) in [5, 5.41) is 0.647. The van der Waals surface area contributed by atoms with Crippen LogP contribution in [0.4, 0.5) is 5.13 Å². The van der Waals surface area contributed by atoms with Crippen LogP contribution in [0.2, 0.25) is 0 Å². The number of hydrogen-bond acceptors (Lipinski definition) is 5. The van der Waals surface area contributed by atoms with E-state index in [1.807, 2.05) is 13.0 Å². The predicted octanol–water partition coefficient (Wildman–Crippen LogP) is 3.26. The molecule has 3 rings (SSSR count). The summed E-state index contributed by atoms with van der Waals surface area (Å²) in [5.41, 5.74) is 8.70. The second-order valence-corrected chi connectivity index (χ2v) is 5.46. The van der Waals surface area contributed by atoms with E-state index < -0.39 is 0 Å². The maximum atomic E-state index is 11.7. The maximum Gasteiger partial charge on any atom is 0.305 e. The number of aromatic nitrogens is 1. The lowest BCUT2D eigenvalue weighted by molar-refractivity contribution is 0.0935. The van der Waals surface area contributed by atoms with Gasteiger partial charge in [-0.3, -0.25) is 15.6 Å². The van der Waals surface area contributed by atoms with Crippen molar-refractivity contribution in [1.29, 1.82) is 0 Å². The van der Waals surface area contributed by atoms with Crippen molar-refractivity contribution in [3.63, 3.8) is 0 Å². The van der Waals surface area contributed by atoms with Gasteiger partial charge in [-0.25, -0.2) is 4.98 Å². The van der Waals surface area contributed by atoms with Crippen molar-refractivity contribution in [1.82, 2.24) is 10.4 Å². The van der Waals surface area contributed by atoms with Gasteiger partial charge in [0.1, 0.15) is 0 Å². The number of fused-ring (bicyclic) bond motifs is 1. The molecule has 2 N–H and O–H groups in total. The summed E-state index contributed by atoms with van der Waals surface area (Å²) in [6.07, 6.45) is 1.46. The van der Waals surface area contributed by atoms with E-state index in [0.717, 1.165) is 15.8 Å². The highest BCUT2D eigenvalue weighted by Crippen LogP contribution is 2.29. The van der Waals surface area contributed by atoms with Gasteiger partial charge in [0, 0.05) is 0 Å². The summed E-state index contributed by atoms with van der Waals surface area (Å²) >= 11 is 1.49. The van der Waals surface area contributed by atoms with Crippen molar-refractivity contribution in [3.05, 3.63) is 47.4 Å². The molecule has 1 aromatic carbocycles. The summed E-state index contributed by atoms with van der Waals surface area (Å²) < 4.78 is 6.09. The number of anilines is 1. The fourth-order valence-corrected chi connectivity index (χ4v) is 2.74. The van der Waals surface area contributed by atoms with Crippen LogP contribution in [0.1, 0.15) is 21.7 Å². The molecule has 0 saturated heterocycles. The van der Waals surface area contributed by atoms with E-state index >= 15 is 0 Å². The van der Waals surface area contributed by atoms with Crippen molar-refractivity contribution >= 4 is 32.6 Å². The first-order valence-electron chi connectivity index (χ1n) is 6.12. The Morgan fingerprint density at radius 1 is 1.30 bits per heavy atom. The minimum atomic E-state index is -0.331. The molecule has 0 aliphatic rings. The van der Waals surface area contributed by atoms with Crippen LogP contribution in [0.15, 0.2) is 34.9 Å². The van der Waals surface area contributed by atoms with E-state index in [1.54, 1.807) is 12.1 Å². The van der Waals surface area contributed by atoms with Gasteiger partial charge in [0.25, 0.3) is 0 Å². The number of nitrogens with zero attached hydrogens (tertiary/aromatic N) is 1. The third-order valence-corrected chi connectivity index (χ3v) is 4.05. The predicted molar refractivity (Wildman–Crippen MR) is 78.9 cm³/mol. The molecule has 0 aliphatic heterocycles. The first-order valence-corrected chi connectivity index (χ1v) is 6.93. The molecule has 2 heterocycles. The number of carbonyl (C=O) groups excluding carboxylic acids is 1. The summed E-state index contributed by atoms with van der Waals surface area (Å²) in [5.74, 6) is -0.0761. The summed E-state index contributed by atoms with van der Waals surface area (Å²) in [7, 11) is 0. The lowest BCUT2D eigenvalue weighted by Crippen LogP contribution is -2.28. The molecule has 0 saturated carbocycles. The van der Waals surface area contributed by atoms with E-state index in [0.29, 0.717) is 5.13 Å². The second-order valence-electron chi connectivity index (χ2n) is 4.43. The minimum absolute atomic E-state index is 0.255. The second kappa shape index (κ2) is 4.97. The third-order valence-electron chi connectivity index (χ3n) is 3.11. The Balaban J connectivity index is 1.78. The van der Waals surface area contributed by atoms with Gasteiger partial charge >= 0.3 is 5.91 Å². The zero-order valence-corrected chi connectivity index (χ0v) is 11.9. The Hall–Kier alpha value is -2.34. The molecule has 0 bridgehead atoms. The number of thiazole rings is 1. The van der Waals surface area contributed by atoms with Crippen LogP contribution < -0.4 is 10.9 Å². The Morgan fingerprint density at radius 2 is 2.15 bits per heavy atom. The van der Waals surface area contributed by atoms with Gasteiger partial charge < -0.3 is 4.42 Å². The Kier molecular flexibility index (Phi) is 3.15. The number of benzene rings is 1. The van der Waals surface area contributed by atoms with Crippen LogP contribution in [0.25, 0.3) is 10.2 Å². The lowest BCUT2D eigenvalue weighted by atomic mass is 10.1. The van der Waals surface area contributed by atoms with E-state index in [9.17, 15) is 4.79 Å². The van der Waals surface area contributed by atoms with Crippen molar-refractivity contribution in [2.24, 2.45) is 0 Å². The zero-order valence-electron chi connectivity index (χ0n) is 11.1. The largest absolute Gasteiger partial charge is 0.459 e. The first kappa shape index (κ1) is 12.7. The highest BCUT2D eigenvalue weighted by Gasteiger charge is 2.10. The average Bonchev–Trinajstić information content (AvgIpc) is 3.09. The number of hydrazine groups is 1. The molecule has 2 aromatic heterocycles. The van der Waals surface area contributed by atoms with Crippen LogP contribution in [-0.4, -0.2) is 10.9 Å². The van der Waals surface area contributed by atoms with E-state index in [-0.39, 0.29) is 11.7 Å². The Morgan fingerprint density at radius 3 is 2.90 bits per heavy atom. The van der Waals surface area contributed by atoms with Crippen LogP contribution in [0, 0.1) is 13.8 Å². The van der Waals surface area contributed by atoms with E-state index in [4.69, 9.17) is 4.42 Å². The topological polar surface area (TPSA) is 67.2 Å². The molecule has 0 atom stereocenters. The standard InChI is InChI=1S/C14H13N3O2S/c1-8-5-6-11-12(9(8)2)15-14(20-11)17-16-13(18)10-4-3-7-19-10/h3-7H,1-2H3,(H,15,17)(H,16,18). The zero-order chi connectivity index (χ0) is 14.1. The molecule has 0 unspecified atom stereocenters. The van der Waals surface area contributed by atoms with Crippen molar-refractivity contribution < 1.29 is 9.21 Å². The van der Waals surface area contributed by atoms with Gasteiger partial charge in [-0.05, 0) is 43.2 Å². The number of hydrogen-bond donors (Lipinski definition) is 2. The van der Waals surface area contributed by atoms with Crippen molar-refractivity contribution in [2.45, 2.75) is 13.8 Å². The van der Waals surface area contributed by atoms with Gasteiger partial charge in [-0.15, -0.1) is 0 Å².